The van der Waals surface area contributed by atoms with Crippen LogP contribution in [0.15, 0.2) is 35.1 Å². The Morgan fingerprint density at radius 1 is 1.16 bits per heavy atom. The number of hydrogen-bond acceptors (Lipinski definition) is 6. The first-order chi connectivity index (χ1) is 11.8. The zero-order valence-electron chi connectivity index (χ0n) is 14.5. The van der Waals surface area contributed by atoms with Gasteiger partial charge in [-0.05, 0) is 38.5 Å². The average Bonchev–Trinajstić information content (AvgIpc) is 3.06. The van der Waals surface area contributed by atoms with Crippen molar-refractivity contribution in [1.29, 1.82) is 0 Å². The van der Waals surface area contributed by atoms with Crippen LogP contribution in [0.5, 0.6) is 0 Å². The highest BCUT2D eigenvalue weighted by molar-refractivity contribution is 5.77. The number of rotatable bonds is 6. The molecule has 0 unspecified atom stereocenters. The Morgan fingerprint density at radius 2 is 1.88 bits per heavy atom. The molecule has 0 radical (unpaired) electrons. The van der Waals surface area contributed by atoms with E-state index in [2.05, 4.69) is 20.8 Å². The third kappa shape index (κ3) is 6.62. The quantitative estimate of drug-likeness (QED) is 0.831. The predicted molar refractivity (Wildman–Crippen MR) is 90.4 cm³/mol. The summed E-state index contributed by atoms with van der Waals surface area (Å²) in [4.78, 5) is 23.3. The molecule has 0 aliphatic rings. The molecule has 0 aliphatic carbocycles. The molecule has 8 nitrogen and oxygen atoms in total. The molecule has 1 aromatic carbocycles. The number of alkyl carbamates (subject to hydrolysis) is 1. The Kier molecular flexibility index (Phi) is 6.10. The maximum Gasteiger partial charge on any atom is 0.407 e. The smallest absolute Gasteiger partial charge is 0.407 e. The second-order valence-electron chi connectivity index (χ2n) is 6.40. The average molecular weight is 346 g/mol. The number of hydrogen-bond donors (Lipinski definition) is 2. The fourth-order valence-electron chi connectivity index (χ4n) is 1.95. The summed E-state index contributed by atoms with van der Waals surface area (Å²) >= 11 is 0. The van der Waals surface area contributed by atoms with E-state index in [-0.39, 0.29) is 18.9 Å². The zero-order valence-corrected chi connectivity index (χ0v) is 14.5. The molecule has 0 aliphatic heterocycles. The number of nitrogens with one attached hydrogen (secondary N) is 2. The highest BCUT2D eigenvalue weighted by Crippen LogP contribution is 2.16. The fourth-order valence-corrected chi connectivity index (χ4v) is 1.95. The lowest BCUT2D eigenvalue weighted by atomic mass is 10.1. The minimum Gasteiger partial charge on any atom is -0.444 e. The van der Waals surface area contributed by atoms with Gasteiger partial charge in [0.05, 0.1) is 0 Å². The molecule has 25 heavy (non-hydrogen) atoms. The van der Waals surface area contributed by atoms with Gasteiger partial charge in [-0.3, -0.25) is 4.79 Å². The predicted octanol–water partition coefficient (Wildman–Crippen LogP) is 2.27. The van der Waals surface area contributed by atoms with Gasteiger partial charge in [-0.1, -0.05) is 12.1 Å². The van der Waals surface area contributed by atoms with Crippen LogP contribution in [-0.4, -0.2) is 34.3 Å². The standard InChI is InChI=1S/C17H22N4O4/c1-17(2,3)25-16(23)18-9-8-14(22)19-10-12-4-6-13(7-5-12)15-21-20-11-24-15/h4-7,11H,8-10H2,1-3H3,(H,18,23)(H,19,22). The van der Waals surface area contributed by atoms with E-state index < -0.39 is 11.7 Å². The summed E-state index contributed by atoms with van der Waals surface area (Å²) in [6.45, 7) is 5.96. The fraction of sp³-hybridized carbons (Fsp3) is 0.412. The lowest BCUT2D eigenvalue weighted by Gasteiger charge is -2.19. The van der Waals surface area contributed by atoms with Crippen LogP contribution in [-0.2, 0) is 16.1 Å². The molecule has 0 atom stereocenters. The van der Waals surface area contributed by atoms with Crippen molar-refractivity contribution in [2.45, 2.75) is 39.3 Å². The minimum atomic E-state index is -0.556. The van der Waals surface area contributed by atoms with Gasteiger partial charge in [0.1, 0.15) is 5.60 Å². The summed E-state index contributed by atoms with van der Waals surface area (Å²) in [5, 5.41) is 12.8. The van der Waals surface area contributed by atoms with Crippen molar-refractivity contribution in [3.8, 4) is 11.5 Å². The molecule has 0 spiro atoms. The van der Waals surface area contributed by atoms with Gasteiger partial charge in [0.15, 0.2) is 0 Å². The van der Waals surface area contributed by atoms with Gasteiger partial charge < -0.3 is 19.8 Å². The molecule has 2 aromatic rings. The van der Waals surface area contributed by atoms with Crippen molar-refractivity contribution >= 4 is 12.0 Å². The molecular formula is C17H22N4O4. The van der Waals surface area contributed by atoms with Crippen LogP contribution < -0.4 is 10.6 Å². The van der Waals surface area contributed by atoms with Crippen molar-refractivity contribution in [2.24, 2.45) is 0 Å². The van der Waals surface area contributed by atoms with Crippen LogP contribution in [0.4, 0.5) is 4.79 Å². The van der Waals surface area contributed by atoms with E-state index in [1.54, 1.807) is 20.8 Å². The highest BCUT2D eigenvalue weighted by atomic mass is 16.6. The van der Waals surface area contributed by atoms with Gasteiger partial charge in [-0.25, -0.2) is 4.79 Å². The Labute approximate surface area is 146 Å². The number of nitrogens with zero attached hydrogens (tertiary/aromatic N) is 2. The van der Waals surface area contributed by atoms with Crippen LogP contribution >= 0.6 is 0 Å². The first kappa shape index (κ1) is 18.4. The monoisotopic (exact) mass is 346 g/mol. The molecule has 0 bridgehead atoms. The largest absolute Gasteiger partial charge is 0.444 e. The molecule has 0 saturated carbocycles. The van der Waals surface area contributed by atoms with E-state index in [4.69, 9.17) is 9.15 Å². The maximum atomic E-state index is 11.8. The molecule has 2 amide bonds. The maximum absolute atomic E-state index is 11.8. The molecule has 0 saturated heterocycles. The molecule has 1 heterocycles. The summed E-state index contributed by atoms with van der Waals surface area (Å²) in [7, 11) is 0. The number of ether oxygens (including phenoxy) is 1. The molecular weight excluding hydrogens is 324 g/mol. The minimum absolute atomic E-state index is 0.156. The molecule has 1 aromatic heterocycles. The van der Waals surface area contributed by atoms with Gasteiger partial charge in [0.2, 0.25) is 18.2 Å². The van der Waals surface area contributed by atoms with Crippen molar-refractivity contribution in [3.63, 3.8) is 0 Å². The molecule has 8 heteroatoms. The van der Waals surface area contributed by atoms with E-state index in [0.717, 1.165) is 11.1 Å². The number of benzene rings is 1. The van der Waals surface area contributed by atoms with Gasteiger partial charge in [-0.15, -0.1) is 10.2 Å². The molecule has 0 fully saturated rings. The lowest BCUT2D eigenvalue weighted by Crippen LogP contribution is -2.35. The molecule has 2 rings (SSSR count). The highest BCUT2D eigenvalue weighted by Gasteiger charge is 2.15. The number of aromatic nitrogens is 2. The summed E-state index contributed by atoms with van der Waals surface area (Å²) in [6.07, 6.45) is 0.922. The van der Waals surface area contributed by atoms with E-state index in [0.29, 0.717) is 12.4 Å². The second-order valence-corrected chi connectivity index (χ2v) is 6.40. The first-order valence-electron chi connectivity index (χ1n) is 7.92. The van der Waals surface area contributed by atoms with Gasteiger partial charge >= 0.3 is 6.09 Å². The Hall–Kier alpha value is -2.90. The van der Waals surface area contributed by atoms with Crippen molar-refractivity contribution < 1.29 is 18.7 Å². The van der Waals surface area contributed by atoms with Crippen LogP contribution in [0.25, 0.3) is 11.5 Å². The Bertz CT molecular complexity index is 690. The van der Waals surface area contributed by atoms with Crippen LogP contribution in [0.3, 0.4) is 0 Å². The third-order valence-corrected chi connectivity index (χ3v) is 3.07. The van der Waals surface area contributed by atoms with E-state index in [9.17, 15) is 9.59 Å². The summed E-state index contributed by atoms with van der Waals surface area (Å²) in [5.74, 6) is 0.292. The number of amides is 2. The van der Waals surface area contributed by atoms with Crippen LogP contribution in [0.2, 0.25) is 0 Å². The van der Waals surface area contributed by atoms with Crippen molar-refractivity contribution in [1.82, 2.24) is 20.8 Å². The zero-order chi connectivity index (χ0) is 18.3. The van der Waals surface area contributed by atoms with E-state index in [1.807, 2.05) is 24.3 Å². The SMILES string of the molecule is CC(C)(C)OC(=O)NCCC(=O)NCc1ccc(-c2nnco2)cc1. The van der Waals surface area contributed by atoms with Crippen LogP contribution in [0, 0.1) is 0 Å². The lowest BCUT2D eigenvalue weighted by molar-refractivity contribution is -0.121. The van der Waals surface area contributed by atoms with Gasteiger partial charge in [-0.2, -0.15) is 0 Å². The number of carbonyl (C=O) groups is 2. The van der Waals surface area contributed by atoms with Crippen molar-refractivity contribution in [3.05, 3.63) is 36.2 Å². The summed E-state index contributed by atoms with van der Waals surface area (Å²) in [5.41, 5.74) is 1.20. The second kappa shape index (κ2) is 8.27. The third-order valence-electron chi connectivity index (χ3n) is 3.07. The normalized spacial score (nSPS) is 11.0. The topological polar surface area (TPSA) is 106 Å². The van der Waals surface area contributed by atoms with Gasteiger partial charge in [0.25, 0.3) is 0 Å². The van der Waals surface area contributed by atoms with Crippen molar-refractivity contribution in [2.75, 3.05) is 6.54 Å². The van der Waals surface area contributed by atoms with E-state index in [1.165, 1.54) is 6.39 Å². The number of carbonyl (C=O) groups excluding carboxylic acids is 2. The molecule has 134 valence electrons. The van der Waals surface area contributed by atoms with E-state index >= 15 is 0 Å². The Morgan fingerprint density at radius 3 is 2.48 bits per heavy atom. The Balaban J connectivity index is 1.69. The van der Waals surface area contributed by atoms with Gasteiger partial charge in [0, 0.05) is 25.1 Å². The first-order valence-corrected chi connectivity index (χ1v) is 7.92. The van der Waals surface area contributed by atoms with Crippen LogP contribution in [0.1, 0.15) is 32.8 Å². The summed E-state index contributed by atoms with van der Waals surface area (Å²) < 4.78 is 10.2. The molecule has 2 N–H and O–H groups in total. The summed E-state index contributed by atoms with van der Waals surface area (Å²) in [6, 6.07) is 7.44.